The zero-order valence-electron chi connectivity index (χ0n) is 10.2. The van der Waals surface area contributed by atoms with Gasteiger partial charge in [-0.25, -0.2) is 0 Å². The molecule has 6 heteroatoms. The minimum Gasteiger partial charge on any atom is -0.378 e. The van der Waals surface area contributed by atoms with E-state index in [-0.39, 0.29) is 18.2 Å². The van der Waals surface area contributed by atoms with Gasteiger partial charge in [-0.2, -0.15) is 13.2 Å². The molecule has 1 heterocycles. The van der Waals surface area contributed by atoms with E-state index in [0.717, 1.165) is 12.1 Å². The van der Waals surface area contributed by atoms with Gasteiger partial charge in [0, 0.05) is 13.0 Å². The van der Waals surface area contributed by atoms with Crippen molar-refractivity contribution in [2.24, 2.45) is 0 Å². The number of alkyl halides is 3. The van der Waals surface area contributed by atoms with Gasteiger partial charge < -0.3 is 10.1 Å². The number of hydrogen-bond donors (Lipinski definition) is 1. The summed E-state index contributed by atoms with van der Waals surface area (Å²) >= 11 is 0. The highest BCUT2D eigenvalue weighted by Gasteiger charge is 2.30. The third-order valence-electron chi connectivity index (χ3n) is 2.97. The molecule has 1 atom stereocenters. The number of halogens is 3. The summed E-state index contributed by atoms with van der Waals surface area (Å²) in [5.74, 6) is -0.0699. The van der Waals surface area contributed by atoms with Crippen molar-refractivity contribution in [1.29, 1.82) is 0 Å². The normalized spacial score (nSPS) is 20.3. The number of morpholine rings is 1. The summed E-state index contributed by atoms with van der Waals surface area (Å²) in [6, 6.07) is 4.30. The van der Waals surface area contributed by atoms with Gasteiger partial charge in [0.1, 0.15) is 0 Å². The van der Waals surface area contributed by atoms with Crippen molar-refractivity contribution in [2.75, 3.05) is 19.8 Å². The van der Waals surface area contributed by atoms with E-state index in [9.17, 15) is 18.0 Å². The molecule has 1 unspecified atom stereocenters. The van der Waals surface area contributed by atoms with Crippen LogP contribution in [-0.2, 0) is 22.1 Å². The molecule has 0 aliphatic carbocycles. The Balaban J connectivity index is 1.97. The first kappa shape index (κ1) is 14.0. The Bertz CT molecular complexity index is 436. The van der Waals surface area contributed by atoms with Crippen LogP contribution in [-0.4, -0.2) is 31.6 Å². The largest absolute Gasteiger partial charge is 0.416 e. The molecule has 0 aromatic heterocycles. The molecule has 1 aromatic rings. The summed E-state index contributed by atoms with van der Waals surface area (Å²) < 4.78 is 42.3. The molecule has 0 radical (unpaired) electrons. The third kappa shape index (κ3) is 3.78. The van der Waals surface area contributed by atoms with Crippen LogP contribution in [0.15, 0.2) is 24.3 Å². The number of ether oxygens (including phenoxy) is 1. The number of rotatable bonds is 3. The van der Waals surface area contributed by atoms with Crippen LogP contribution in [0, 0.1) is 0 Å². The molecule has 1 saturated heterocycles. The molecule has 1 N–H and O–H groups in total. The maximum atomic E-state index is 12.4. The number of carbonyl (C=O) groups excluding carboxylic acids is 1. The molecular weight excluding hydrogens is 259 g/mol. The third-order valence-corrected chi connectivity index (χ3v) is 2.97. The molecule has 0 bridgehead atoms. The zero-order chi connectivity index (χ0) is 13.9. The van der Waals surface area contributed by atoms with E-state index < -0.39 is 11.7 Å². The summed E-state index contributed by atoms with van der Waals surface area (Å²) in [5.41, 5.74) is -0.131. The van der Waals surface area contributed by atoms with Gasteiger partial charge in [0.15, 0.2) is 5.78 Å². The molecule has 19 heavy (non-hydrogen) atoms. The van der Waals surface area contributed by atoms with Crippen LogP contribution in [0.4, 0.5) is 13.2 Å². The number of benzene rings is 1. The molecule has 0 spiro atoms. The number of hydrogen-bond acceptors (Lipinski definition) is 3. The summed E-state index contributed by atoms with van der Waals surface area (Å²) in [5, 5.41) is 3.02. The number of Topliss-reactive ketones (excluding diaryl/α,β-unsaturated/α-hetero) is 1. The van der Waals surface area contributed by atoms with Gasteiger partial charge in [-0.15, -0.1) is 0 Å². The van der Waals surface area contributed by atoms with Crippen molar-refractivity contribution in [3.63, 3.8) is 0 Å². The SMILES string of the molecule is O=C(Cc1ccc(C(F)(F)F)cc1)C1COCCN1. The highest BCUT2D eigenvalue weighted by molar-refractivity contribution is 5.86. The molecule has 1 aliphatic heterocycles. The highest BCUT2D eigenvalue weighted by Crippen LogP contribution is 2.29. The Morgan fingerprint density at radius 3 is 2.53 bits per heavy atom. The van der Waals surface area contributed by atoms with Crippen molar-refractivity contribution in [3.05, 3.63) is 35.4 Å². The first-order valence-electron chi connectivity index (χ1n) is 5.97. The predicted molar refractivity (Wildman–Crippen MR) is 62.8 cm³/mol. The van der Waals surface area contributed by atoms with E-state index in [1.165, 1.54) is 12.1 Å². The molecule has 104 valence electrons. The molecular formula is C13H14F3NO2. The van der Waals surface area contributed by atoms with Crippen LogP contribution < -0.4 is 5.32 Å². The molecule has 0 saturated carbocycles. The van der Waals surface area contributed by atoms with Gasteiger partial charge in [-0.3, -0.25) is 4.79 Å². The van der Waals surface area contributed by atoms with Crippen molar-refractivity contribution in [3.8, 4) is 0 Å². The summed E-state index contributed by atoms with van der Waals surface area (Å²) in [6.07, 6.45) is -4.24. The average Bonchev–Trinajstić information content (AvgIpc) is 2.39. The van der Waals surface area contributed by atoms with Crippen LogP contribution in [0.1, 0.15) is 11.1 Å². The molecule has 3 nitrogen and oxygen atoms in total. The van der Waals surface area contributed by atoms with Crippen LogP contribution in [0.25, 0.3) is 0 Å². The van der Waals surface area contributed by atoms with Gasteiger partial charge >= 0.3 is 6.18 Å². The predicted octanol–water partition coefficient (Wildman–Crippen LogP) is 1.81. The standard InChI is InChI=1S/C13H14F3NO2/c14-13(15,16)10-3-1-9(2-4-10)7-12(18)11-8-19-6-5-17-11/h1-4,11,17H,5-8H2. The summed E-state index contributed by atoms with van der Waals surface area (Å²) in [4.78, 5) is 11.9. The Morgan fingerprint density at radius 2 is 2.00 bits per heavy atom. The van der Waals surface area contributed by atoms with E-state index in [2.05, 4.69) is 5.32 Å². The zero-order valence-corrected chi connectivity index (χ0v) is 10.2. The van der Waals surface area contributed by atoms with E-state index in [1.54, 1.807) is 0 Å². The lowest BCUT2D eigenvalue weighted by Crippen LogP contribution is -2.47. The second kappa shape index (κ2) is 5.71. The second-order valence-electron chi connectivity index (χ2n) is 4.42. The Hall–Kier alpha value is -1.40. The van der Waals surface area contributed by atoms with Gasteiger partial charge in [0.05, 0.1) is 24.8 Å². The van der Waals surface area contributed by atoms with Crippen LogP contribution in [0.5, 0.6) is 0 Å². The maximum absolute atomic E-state index is 12.4. The van der Waals surface area contributed by atoms with Crippen molar-refractivity contribution in [2.45, 2.75) is 18.6 Å². The van der Waals surface area contributed by atoms with Gasteiger partial charge in [-0.05, 0) is 17.7 Å². The Kier molecular flexibility index (Phi) is 4.21. The Labute approximate surface area is 108 Å². The van der Waals surface area contributed by atoms with E-state index >= 15 is 0 Å². The number of nitrogens with one attached hydrogen (secondary N) is 1. The van der Waals surface area contributed by atoms with Crippen LogP contribution >= 0.6 is 0 Å². The fourth-order valence-electron chi connectivity index (χ4n) is 1.91. The van der Waals surface area contributed by atoms with Crippen molar-refractivity contribution in [1.82, 2.24) is 5.32 Å². The second-order valence-corrected chi connectivity index (χ2v) is 4.42. The Morgan fingerprint density at radius 1 is 1.32 bits per heavy atom. The molecule has 1 fully saturated rings. The van der Waals surface area contributed by atoms with Gasteiger partial charge in [0.25, 0.3) is 0 Å². The average molecular weight is 273 g/mol. The molecule has 0 amide bonds. The van der Waals surface area contributed by atoms with E-state index in [0.29, 0.717) is 25.3 Å². The van der Waals surface area contributed by atoms with E-state index in [1.807, 2.05) is 0 Å². The monoisotopic (exact) mass is 273 g/mol. The lowest BCUT2D eigenvalue weighted by molar-refractivity contribution is -0.137. The topological polar surface area (TPSA) is 38.3 Å². The number of carbonyl (C=O) groups is 1. The fraction of sp³-hybridized carbons (Fsp3) is 0.462. The highest BCUT2D eigenvalue weighted by atomic mass is 19.4. The van der Waals surface area contributed by atoms with Crippen molar-refractivity contribution < 1.29 is 22.7 Å². The lowest BCUT2D eigenvalue weighted by Gasteiger charge is -2.22. The molecule has 1 aromatic carbocycles. The molecule has 1 aliphatic rings. The summed E-state index contributed by atoms with van der Waals surface area (Å²) in [6.45, 7) is 1.51. The van der Waals surface area contributed by atoms with Crippen LogP contribution in [0.2, 0.25) is 0 Å². The smallest absolute Gasteiger partial charge is 0.378 e. The fourth-order valence-corrected chi connectivity index (χ4v) is 1.91. The number of ketones is 1. The van der Waals surface area contributed by atoms with Gasteiger partial charge in [0.2, 0.25) is 0 Å². The van der Waals surface area contributed by atoms with Crippen molar-refractivity contribution >= 4 is 5.78 Å². The maximum Gasteiger partial charge on any atom is 0.416 e. The van der Waals surface area contributed by atoms with E-state index in [4.69, 9.17) is 4.74 Å². The minimum absolute atomic E-state index is 0.0699. The first-order chi connectivity index (χ1) is 8.97. The van der Waals surface area contributed by atoms with Gasteiger partial charge in [-0.1, -0.05) is 12.1 Å². The quantitative estimate of drug-likeness (QED) is 0.912. The first-order valence-corrected chi connectivity index (χ1v) is 5.97. The lowest BCUT2D eigenvalue weighted by atomic mass is 10.0. The minimum atomic E-state index is -4.35. The summed E-state index contributed by atoms with van der Waals surface area (Å²) in [7, 11) is 0. The van der Waals surface area contributed by atoms with Crippen LogP contribution in [0.3, 0.4) is 0 Å². The molecule has 2 rings (SSSR count).